The molecule has 6 unspecified atom stereocenters. The minimum absolute atomic E-state index is 0.112. The van der Waals surface area contributed by atoms with Gasteiger partial charge >= 0.3 is 0 Å². The van der Waals surface area contributed by atoms with E-state index in [-0.39, 0.29) is 47.3 Å². The molecule has 4 N–H and O–H groups in total. The molecule has 4 nitrogen and oxygen atoms in total. The molecule has 0 aromatic carbocycles. The Hall–Kier alpha value is -0.740. The molecule has 0 saturated heterocycles. The average molecular weight is 250 g/mol. The van der Waals surface area contributed by atoms with Gasteiger partial charge in [0.15, 0.2) is 0 Å². The lowest BCUT2D eigenvalue weighted by Gasteiger charge is -2.47. The van der Waals surface area contributed by atoms with Crippen molar-refractivity contribution in [1.29, 1.82) is 0 Å². The molecule has 0 radical (unpaired) electrons. The van der Waals surface area contributed by atoms with Gasteiger partial charge in [-0.05, 0) is 25.7 Å². The van der Waals surface area contributed by atoms with Gasteiger partial charge in [0.25, 0.3) is 0 Å². The Bertz CT molecular complexity index is 346. The molecule has 0 aromatic rings. The van der Waals surface area contributed by atoms with Gasteiger partial charge in [-0.2, -0.15) is 0 Å². The summed E-state index contributed by atoms with van der Waals surface area (Å²) >= 11 is 0. The van der Waals surface area contributed by atoms with Gasteiger partial charge in [0, 0.05) is 35.8 Å². The van der Waals surface area contributed by atoms with Crippen molar-refractivity contribution in [2.45, 2.75) is 50.6 Å². The number of rotatable bonds is 0. The number of carbonyl (C=O) groups is 2. The summed E-state index contributed by atoms with van der Waals surface area (Å²) in [5.74, 6) is -0.201. The summed E-state index contributed by atoms with van der Waals surface area (Å²) in [7, 11) is 0. The maximum Gasteiger partial charge on any atom is 0.142 e. The van der Waals surface area contributed by atoms with Crippen LogP contribution >= 0.6 is 0 Å². The molecule has 3 aliphatic rings. The van der Waals surface area contributed by atoms with Gasteiger partial charge in [-0.1, -0.05) is 12.8 Å². The van der Waals surface area contributed by atoms with Crippen LogP contribution in [0.25, 0.3) is 0 Å². The monoisotopic (exact) mass is 250 g/mol. The van der Waals surface area contributed by atoms with E-state index in [0.29, 0.717) is 0 Å². The van der Waals surface area contributed by atoms with E-state index < -0.39 is 0 Å². The lowest BCUT2D eigenvalue weighted by molar-refractivity contribution is -0.152. The minimum Gasteiger partial charge on any atom is -0.327 e. The van der Waals surface area contributed by atoms with Gasteiger partial charge in [-0.15, -0.1) is 0 Å². The summed E-state index contributed by atoms with van der Waals surface area (Å²) in [4.78, 5) is 25.2. The maximum atomic E-state index is 12.6. The highest BCUT2D eigenvalue weighted by Gasteiger charge is 2.54. The van der Waals surface area contributed by atoms with E-state index >= 15 is 0 Å². The number of carbonyl (C=O) groups excluding carboxylic acids is 2. The predicted octanol–water partition coefficient (Wildman–Crippen LogP) is 0.625. The fourth-order valence-corrected chi connectivity index (χ4v) is 4.41. The van der Waals surface area contributed by atoms with Crippen LogP contribution in [0.15, 0.2) is 0 Å². The van der Waals surface area contributed by atoms with E-state index in [1.54, 1.807) is 0 Å². The van der Waals surface area contributed by atoms with Gasteiger partial charge in [-0.25, -0.2) is 0 Å². The van der Waals surface area contributed by atoms with E-state index in [9.17, 15) is 9.59 Å². The fourth-order valence-electron chi connectivity index (χ4n) is 4.41. The normalized spacial score (nSPS) is 48.6. The Morgan fingerprint density at radius 3 is 1.50 bits per heavy atom. The molecule has 0 spiro atoms. The SMILES string of the molecule is NC1CCCC2C(=O)C3C(N)CCCC3C(=O)C12. The summed E-state index contributed by atoms with van der Waals surface area (Å²) < 4.78 is 0. The molecule has 3 fully saturated rings. The van der Waals surface area contributed by atoms with E-state index in [1.165, 1.54) is 0 Å². The predicted molar refractivity (Wildman–Crippen MR) is 67.6 cm³/mol. The van der Waals surface area contributed by atoms with Crippen molar-refractivity contribution in [3.63, 3.8) is 0 Å². The second kappa shape index (κ2) is 4.42. The van der Waals surface area contributed by atoms with Crippen LogP contribution in [-0.4, -0.2) is 23.7 Å². The minimum atomic E-state index is -0.210. The first kappa shape index (κ1) is 12.3. The molecule has 4 heteroatoms. The van der Waals surface area contributed by atoms with Gasteiger partial charge in [0.1, 0.15) is 11.6 Å². The lowest BCUT2D eigenvalue weighted by Crippen LogP contribution is -2.60. The summed E-state index contributed by atoms with van der Waals surface area (Å²) in [5.41, 5.74) is 12.2. The zero-order valence-electron chi connectivity index (χ0n) is 10.7. The quantitative estimate of drug-likeness (QED) is 0.660. The number of ketones is 2. The first-order valence-electron chi connectivity index (χ1n) is 7.20. The maximum absolute atomic E-state index is 12.6. The van der Waals surface area contributed by atoms with Gasteiger partial charge in [0.2, 0.25) is 0 Å². The highest BCUT2D eigenvalue weighted by atomic mass is 16.1. The Morgan fingerprint density at radius 2 is 1.11 bits per heavy atom. The van der Waals surface area contributed by atoms with E-state index in [1.807, 2.05) is 0 Å². The molecule has 0 bridgehead atoms. The summed E-state index contributed by atoms with van der Waals surface area (Å²) in [6.07, 6.45) is 5.35. The number of hydrogen-bond donors (Lipinski definition) is 2. The van der Waals surface area contributed by atoms with Crippen LogP contribution in [0.5, 0.6) is 0 Å². The van der Waals surface area contributed by atoms with Gasteiger partial charge < -0.3 is 11.5 Å². The third-order valence-electron chi connectivity index (χ3n) is 5.28. The zero-order chi connectivity index (χ0) is 12.9. The van der Waals surface area contributed by atoms with Crippen LogP contribution in [-0.2, 0) is 9.59 Å². The summed E-state index contributed by atoms with van der Waals surface area (Å²) in [6.45, 7) is 0. The van der Waals surface area contributed by atoms with Crippen LogP contribution in [0.2, 0.25) is 0 Å². The number of hydrogen-bond acceptors (Lipinski definition) is 4. The largest absolute Gasteiger partial charge is 0.327 e. The van der Waals surface area contributed by atoms with Crippen LogP contribution in [0.1, 0.15) is 38.5 Å². The van der Waals surface area contributed by atoms with Gasteiger partial charge in [-0.3, -0.25) is 9.59 Å². The third-order valence-corrected chi connectivity index (χ3v) is 5.28. The third kappa shape index (κ3) is 1.66. The second-order valence-corrected chi connectivity index (χ2v) is 6.26. The molecule has 6 atom stereocenters. The molecule has 0 aliphatic heterocycles. The lowest BCUT2D eigenvalue weighted by atomic mass is 9.56. The number of Topliss-reactive ketones (excluding diaryl/α,β-unsaturated/α-hetero) is 2. The summed E-state index contributed by atoms with van der Waals surface area (Å²) in [5, 5.41) is 0. The summed E-state index contributed by atoms with van der Waals surface area (Å²) in [6, 6.07) is -0.224. The van der Waals surface area contributed by atoms with Crippen molar-refractivity contribution in [2.75, 3.05) is 0 Å². The van der Waals surface area contributed by atoms with E-state index in [2.05, 4.69) is 0 Å². The fraction of sp³-hybridized carbons (Fsp3) is 0.857. The van der Waals surface area contributed by atoms with Crippen molar-refractivity contribution < 1.29 is 9.59 Å². The average Bonchev–Trinajstić information content (AvgIpc) is 2.35. The highest BCUT2D eigenvalue weighted by molar-refractivity contribution is 6.00. The van der Waals surface area contributed by atoms with Crippen molar-refractivity contribution >= 4 is 11.6 Å². The van der Waals surface area contributed by atoms with Crippen LogP contribution in [0.3, 0.4) is 0 Å². The molecule has 0 amide bonds. The highest BCUT2D eigenvalue weighted by Crippen LogP contribution is 2.45. The molecule has 3 aliphatic carbocycles. The molecule has 0 heterocycles. The first-order chi connectivity index (χ1) is 8.61. The van der Waals surface area contributed by atoms with Crippen molar-refractivity contribution in [3.8, 4) is 0 Å². The van der Waals surface area contributed by atoms with Crippen molar-refractivity contribution in [3.05, 3.63) is 0 Å². The smallest absolute Gasteiger partial charge is 0.142 e. The van der Waals surface area contributed by atoms with Gasteiger partial charge in [0.05, 0.1) is 0 Å². The Labute approximate surface area is 107 Å². The van der Waals surface area contributed by atoms with E-state index in [4.69, 9.17) is 11.5 Å². The zero-order valence-corrected chi connectivity index (χ0v) is 10.7. The molecule has 3 rings (SSSR count). The molecule has 18 heavy (non-hydrogen) atoms. The van der Waals surface area contributed by atoms with Crippen molar-refractivity contribution in [2.24, 2.45) is 35.1 Å². The Morgan fingerprint density at radius 1 is 0.722 bits per heavy atom. The topological polar surface area (TPSA) is 86.2 Å². The first-order valence-corrected chi connectivity index (χ1v) is 7.20. The van der Waals surface area contributed by atoms with Crippen LogP contribution < -0.4 is 11.5 Å². The molecule has 100 valence electrons. The van der Waals surface area contributed by atoms with E-state index in [0.717, 1.165) is 38.5 Å². The van der Waals surface area contributed by atoms with Crippen LogP contribution in [0, 0.1) is 23.7 Å². The molecule has 0 aromatic heterocycles. The number of nitrogens with two attached hydrogens (primary N) is 2. The molecular formula is C14H22N2O2. The molecule has 3 saturated carbocycles. The van der Waals surface area contributed by atoms with Crippen LogP contribution in [0.4, 0.5) is 0 Å². The Kier molecular flexibility index (Phi) is 3.02. The molecular weight excluding hydrogens is 228 g/mol. The Balaban J connectivity index is 1.94. The standard InChI is InChI=1S/C14H22N2O2/c15-9-5-1-3-7-11(9)14(18)8-4-2-6-10(16)12(8)13(7)17/h7-12H,1-6,15-16H2. The van der Waals surface area contributed by atoms with Crippen molar-refractivity contribution in [1.82, 2.24) is 0 Å². The second-order valence-electron chi connectivity index (χ2n) is 6.26. The number of fused-ring (bicyclic) bond motifs is 2.